The van der Waals surface area contributed by atoms with Crippen LogP contribution >= 0.6 is 0 Å². The summed E-state index contributed by atoms with van der Waals surface area (Å²) in [6, 6.07) is 1.13. The van der Waals surface area contributed by atoms with Gasteiger partial charge >= 0.3 is 0 Å². The number of imidazole rings is 2. The summed E-state index contributed by atoms with van der Waals surface area (Å²) in [7, 11) is 0. The minimum atomic E-state index is -0.0450. The van der Waals surface area contributed by atoms with E-state index in [-0.39, 0.29) is 24.1 Å². The first-order chi connectivity index (χ1) is 26.3. The molecule has 6 aromatic rings. The topological polar surface area (TPSA) is 216 Å². The van der Waals surface area contributed by atoms with Crippen LogP contribution in [0.3, 0.4) is 0 Å². The van der Waals surface area contributed by atoms with Crippen molar-refractivity contribution in [3.05, 3.63) is 36.4 Å². The fourth-order valence-electron chi connectivity index (χ4n) is 9.01. The molecule has 8 aliphatic rings. The number of rotatable bonds is 4. The molecular weight excluding hydrogens is 689 g/mol. The molecule has 0 unspecified atom stereocenters. The number of nitrogen functional groups attached to an aromatic ring is 2. The number of aromatic nitrogens is 12. The summed E-state index contributed by atoms with van der Waals surface area (Å²) in [6.45, 7) is 8.97. The Kier molecular flexibility index (Phi) is 7.05. The van der Waals surface area contributed by atoms with E-state index in [1.54, 1.807) is 24.8 Å². The van der Waals surface area contributed by atoms with E-state index in [4.69, 9.17) is 50.8 Å². The summed E-state index contributed by atoms with van der Waals surface area (Å²) in [5.41, 5.74) is 16.3. The fraction of sp³-hybridized carbons (Fsp3) is 0.500. The van der Waals surface area contributed by atoms with Gasteiger partial charge in [-0.2, -0.15) is 0 Å². The van der Waals surface area contributed by atoms with E-state index in [9.17, 15) is 0 Å². The van der Waals surface area contributed by atoms with Crippen molar-refractivity contribution in [1.82, 2.24) is 59.0 Å². The van der Waals surface area contributed by atoms with Gasteiger partial charge in [0.05, 0.1) is 24.3 Å². The van der Waals surface area contributed by atoms with Gasteiger partial charge in [-0.15, -0.1) is 0 Å². The summed E-state index contributed by atoms with van der Waals surface area (Å²) < 4.78 is 15.9. The van der Waals surface area contributed by atoms with E-state index in [1.807, 2.05) is 13.8 Å². The van der Waals surface area contributed by atoms with Gasteiger partial charge in [0.2, 0.25) is 11.9 Å². The summed E-state index contributed by atoms with van der Waals surface area (Å²) >= 11 is 0. The van der Waals surface area contributed by atoms with Crippen molar-refractivity contribution in [2.45, 2.75) is 76.9 Å². The highest BCUT2D eigenvalue weighted by molar-refractivity contribution is 5.88. The quantitative estimate of drug-likeness (QED) is 0.267. The minimum absolute atomic E-state index is 0.0450. The predicted molar refractivity (Wildman–Crippen MR) is 198 cm³/mol. The molecule has 2 saturated carbocycles. The average Bonchev–Trinajstić information content (AvgIpc) is 4.01. The van der Waals surface area contributed by atoms with Gasteiger partial charge in [-0.1, -0.05) is 0 Å². The van der Waals surface area contributed by atoms with Gasteiger partial charge < -0.3 is 39.9 Å². The summed E-state index contributed by atoms with van der Waals surface area (Å²) in [6.07, 6.45) is 11.6. The smallest absolute Gasteiger partial charge is 0.219 e. The Labute approximate surface area is 309 Å². The first kappa shape index (κ1) is 31.9. The van der Waals surface area contributed by atoms with E-state index < -0.39 is 0 Å². The molecule has 6 aliphatic heterocycles. The average molecular weight is 729 g/mol. The lowest BCUT2D eigenvalue weighted by Gasteiger charge is -2.26. The molecule has 54 heavy (non-hydrogen) atoms. The molecule has 0 spiro atoms. The molecule has 14 rings (SSSR count). The van der Waals surface area contributed by atoms with Gasteiger partial charge in [0.15, 0.2) is 45.6 Å². The molecule has 4 N–H and O–H groups in total. The highest BCUT2D eigenvalue weighted by atomic mass is 16.5. The van der Waals surface area contributed by atoms with Crippen molar-refractivity contribution in [2.75, 3.05) is 47.6 Å². The van der Waals surface area contributed by atoms with Crippen LogP contribution in [0.15, 0.2) is 24.8 Å². The summed E-state index contributed by atoms with van der Waals surface area (Å²) in [5, 5.41) is 0. The first-order valence-electron chi connectivity index (χ1n) is 18.8. The van der Waals surface area contributed by atoms with Gasteiger partial charge in [-0.05, 0) is 51.4 Å². The molecule has 0 aromatic carbocycles. The lowest BCUT2D eigenvalue weighted by atomic mass is 9.86. The zero-order chi connectivity index (χ0) is 36.2. The largest absolute Gasteiger partial charge is 0.369 e. The standard InChI is InChI=1S/2C18H20N8O/c2*1-9-15-22-13-16(25(15)2-3-27-9)23-14(11-6-20-18(19)21-7-11)24-17(13)26-8-10-4-12(26)5-10/h2*6-7,9-10,12H,2-5,8H2,1H3,(H2,19,20,21)/t2*9-,10?,12?/m10/s1. The van der Waals surface area contributed by atoms with Crippen LogP contribution in [-0.2, 0) is 22.6 Å². The molecule has 2 aliphatic carbocycles. The molecular formula is C36H40N16O2. The van der Waals surface area contributed by atoms with Crippen molar-refractivity contribution < 1.29 is 9.47 Å². The third kappa shape index (κ3) is 4.99. The fourth-order valence-corrected chi connectivity index (χ4v) is 9.01. The monoisotopic (exact) mass is 728 g/mol. The van der Waals surface area contributed by atoms with Crippen molar-refractivity contribution in [3.8, 4) is 22.8 Å². The zero-order valence-electron chi connectivity index (χ0n) is 30.1. The van der Waals surface area contributed by atoms with E-state index in [1.165, 1.54) is 25.7 Å². The van der Waals surface area contributed by atoms with Crippen molar-refractivity contribution >= 4 is 45.9 Å². The second-order valence-corrected chi connectivity index (χ2v) is 15.3. The maximum absolute atomic E-state index is 5.78. The lowest BCUT2D eigenvalue weighted by Crippen LogP contribution is -2.29. The van der Waals surface area contributed by atoms with Crippen LogP contribution in [0.5, 0.6) is 0 Å². The highest BCUT2D eigenvalue weighted by Gasteiger charge is 2.46. The Bertz CT molecular complexity index is 2250. The van der Waals surface area contributed by atoms with E-state index in [0.29, 0.717) is 36.9 Å². The summed E-state index contributed by atoms with van der Waals surface area (Å²) in [5.74, 6) is 6.96. The van der Waals surface area contributed by atoms with Crippen LogP contribution in [-0.4, -0.2) is 97.4 Å². The second kappa shape index (κ2) is 11.9. The molecule has 4 saturated heterocycles. The number of anilines is 4. The number of fused-ring (bicyclic) bond motifs is 8. The van der Waals surface area contributed by atoms with Crippen LogP contribution in [0.2, 0.25) is 0 Å². The molecule has 0 amide bonds. The molecule has 6 aromatic heterocycles. The van der Waals surface area contributed by atoms with Gasteiger partial charge in [-0.3, -0.25) is 0 Å². The normalized spacial score (nSPS) is 26.3. The Morgan fingerprint density at radius 2 is 0.981 bits per heavy atom. The Morgan fingerprint density at radius 1 is 0.574 bits per heavy atom. The maximum atomic E-state index is 5.78. The molecule has 6 fully saturated rings. The summed E-state index contributed by atoms with van der Waals surface area (Å²) in [4.78, 5) is 50.5. The third-order valence-corrected chi connectivity index (χ3v) is 11.9. The number of ether oxygens (including phenoxy) is 2. The molecule has 276 valence electrons. The van der Waals surface area contributed by atoms with Gasteiger partial charge in [0.1, 0.15) is 23.9 Å². The predicted octanol–water partition coefficient (Wildman–Crippen LogP) is 3.11. The highest BCUT2D eigenvalue weighted by Crippen LogP contribution is 2.46. The van der Waals surface area contributed by atoms with Gasteiger partial charge in [-0.25, -0.2) is 49.8 Å². The van der Waals surface area contributed by atoms with E-state index >= 15 is 0 Å². The molecule has 2 atom stereocenters. The Morgan fingerprint density at radius 3 is 1.35 bits per heavy atom. The van der Waals surface area contributed by atoms with E-state index in [2.05, 4.69) is 38.9 Å². The van der Waals surface area contributed by atoms with Crippen molar-refractivity contribution in [1.29, 1.82) is 0 Å². The van der Waals surface area contributed by atoms with Crippen LogP contribution < -0.4 is 21.3 Å². The van der Waals surface area contributed by atoms with Crippen LogP contribution in [0.25, 0.3) is 45.1 Å². The van der Waals surface area contributed by atoms with E-state index in [0.717, 1.165) is 94.8 Å². The third-order valence-electron chi connectivity index (χ3n) is 11.9. The second-order valence-electron chi connectivity index (χ2n) is 15.3. The van der Waals surface area contributed by atoms with Crippen molar-refractivity contribution in [2.24, 2.45) is 11.8 Å². The van der Waals surface area contributed by atoms with Crippen molar-refractivity contribution in [3.63, 3.8) is 0 Å². The number of nitrogens with zero attached hydrogens (tertiary/aromatic N) is 14. The maximum Gasteiger partial charge on any atom is 0.219 e. The first-order valence-corrected chi connectivity index (χ1v) is 18.8. The van der Waals surface area contributed by atoms with Crippen LogP contribution in [0.4, 0.5) is 23.5 Å². The van der Waals surface area contributed by atoms with Crippen LogP contribution in [0, 0.1) is 11.8 Å². The number of hydrogen-bond donors (Lipinski definition) is 2. The number of hydrogen-bond acceptors (Lipinski definition) is 16. The SMILES string of the molecule is C[C@@H]1OCCn2c1nc1c(N3CC4CC3C4)nc(-c3cnc(N)nc3)nc12.C[C@H]1OCCn2c1nc1c(N3CC4CC3C4)nc(-c3cnc(N)nc3)nc12. The zero-order valence-corrected chi connectivity index (χ0v) is 30.1. The molecule has 18 heteroatoms. The Hall–Kier alpha value is -5.62. The van der Waals surface area contributed by atoms with Gasteiger partial charge in [0.25, 0.3) is 0 Å². The number of nitrogens with two attached hydrogens (primary N) is 2. The van der Waals surface area contributed by atoms with Crippen LogP contribution in [0.1, 0.15) is 63.4 Å². The minimum Gasteiger partial charge on any atom is -0.369 e. The Balaban J connectivity index is 0.000000126. The molecule has 0 radical (unpaired) electrons. The van der Waals surface area contributed by atoms with Gasteiger partial charge in [0, 0.05) is 63.1 Å². The molecule has 18 nitrogen and oxygen atoms in total. The lowest BCUT2D eigenvalue weighted by molar-refractivity contribution is 0.0303. The molecule has 4 bridgehead atoms. The molecule has 12 heterocycles.